The number of carbonyl (C=O) groups excluding carboxylic acids is 1. The normalized spacial score (nSPS) is 22.0. The van der Waals surface area contributed by atoms with E-state index >= 15 is 0 Å². The summed E-state index contributed by atoms with van der Waals surface area (Å²) >= 11 is 0. The molecule has 3 aliphatic rings. The van der Waals surface area contributed by atoms with E-state index in [1.165, 1.54) is 25.7 Å². The summed E-state index contributed by atoms with van der Waals surface area (Å²) in [5.41, 5.74) is 2.58. The molecule has 0 unspecified atom stereocenters. The van der Waals surface area contributed by atoms with Crippen LogP contribution in [0.5, 0.6) is 0 Å². The number of hydrogen-bond acceptors (Lipinski definition) is 7. The quantitative estimate of drug-likeness (QED) is 0.563. The maximum atomic E-state index is 12.7. The van der Waals surface area contributed by atoms with E-state index in [4.69, 9.17) is 4.98 Å². The van der Waals surface area contributed by atoms with Crippen molar-refractivity contribution in [1.82, 2.24) is 29.7 Å². The molecule has 0 bridgehead atoms. The Morgan fingerprint density at radius 1 is 1.14 bits per heavy atom. The molecular weight excluding hydrogens is 452 g/mol. The van der Waals surface area contributed by atoms with Gasteiger partial charge in [-0.25, -0.2) is 9.97 Å². The van der Waals surface area contributed by atoms with Crippen LogP contribution < -0.4 is 15.5 Å². The Morgan fingerprint density at radius 3 is 2.75 bits per heavy atom. The van der Waals surface area contributed by atoms with E-state index < -0.39 is 0 Å². The number of hydrogen-bond donors (Lipinski definition) is 2. The molecule has 1 spiro atoms. The van der Waals surface area contributed by atoms with E-state index in [0.29, 0.717) is 30.0 Å². The van der Waals surface area contributed by atoms with Gasteiger partial charge in [0.05, 0.1) is 17.4 Å². The number of nitrogens with zero attached hydrogens (tertiary/aromatic N) is 6. The summed E-state index contributed by atoms with van der Waals surface area (Å²) in [5.74, 6) is 1.19. The lowest BCUT2D eigenvalue weighted by atomic mass is 9.80. The second kappa shape index (κ2) is 9.35. The van der Waals surface area contributed by atoms with Crippen LogP contribution in [0, 0.1) is 0 Å². The fourth-order valence-corrected chi connectivity index (χ4v) is 6.33. The van der Waals surface area contributed by atoms with Crippen LogP contribution in [0.2, 0.25) is 0 Å². The van der Waals surface area contributed by atoms with Gasteiger partial charge in [-0.15, -0.1) is 0 Å². The van der Waals surface area contributed by atoms with Crippen LogP contribution in [0.25, 0.3) is 11.0 Å². The third kappa shape index (κ3) is 4.09. The number of amides is 1. The summed E-state index contributed by atoms with van der Waals surface area (Å²) in [7, 11) is 0. The van der Waals surface area contributed by atoms with Gasteiger partial charge in [-0.05, 0) is 50.9 Å². The Morgan fingerprint density at radius 2 is 2.00 bits per heavy atom. The number of fused-ring (bicyclic) bond motifs is 4. The summed E-state index contributed by atoms with van der Waals surface area (Å²) in [6.07, 6.45) is 10.7. The summed E-state index contributed by atoms with van der Waals surface area (Å²) < 4.78 is 2.20. The van der Waals surface area contributed by atoms with Crippen LogP contribution in [0.15, 0.2) is 30.6 Å². The molecule has 2 fully saturated rings. The van der Waals surface area contributed by atoms with Crippen LogP contribution in [0.3, 0.4) is 0 Å². The second-order valence-corrected chi connectivity index (χ2v) is 10.7. The van der Waals surface area contributed by atoms with Gasteiger partial charge in [-0.2, -0.15) is 4.98 Å². The van der Waals surface area contributed by atoms with Crippen molar-refractivity contribution in [3.8, 4) is 0 Å². The minimum atomic E-state index is -0.0902. The van der Waals surface area contributed by atoms with Gasteiger partial charge in [0.15, 0.2) is 0 Å². The standard InChI is InChI=1S/C27H36N8O/c1-3-11-33-12-13-34(17-19(33)2)21-7-8-23(28-16-21)31-26-29-15-20-14-22-25(36)30-18-27(9-5-4-6-10-27)35(22)24(20)32-26/h7-8,14-16,19H,3-6,9-13,17-18H2,1-2H3,(H,30,36)(H,28,29,31,32)/t19-/m1/s1. The predicted molar refractivity (Wildman–Crippen MR) is 142 cm³/mol. The first kappa shape index (κ1) is 23.2. The topological polar surface area (TPSA) is 91.2 Å². The molecule has 6 rings (SSSR count). The maximum Gasteiger partial charge on any atom is 0.268 e. The molecule has 2 aliphatic heterocycles. The lowest BCUT2D eigenvalue weighted by Gasteiger charge is -2.42. The molecule has 36 heavy (non-hydrogen) atoms. The third-order valence-electron chi connectivity index (χ3n) is 8.24. The number of nitrogens with one attached hydrogen (secondary N) is 2. The minimum Gasteiger partial charge on any atom is -0.367 e. The highest BCUT2D eigenvalue weighted by molar-refractivity contribution is 5.99. The molecule has 5 heterocycles. The lowest BCUT2D eigenvalue weighted by molar-refractivity contribution is 0.0833. The van der Waals surface area contributed by atoms with Crippen molar-refractivity contribution in [2.45, 2.75) is 64.0 Å². The molecule has 1 saturated heterocycles. The van der Waals surface area contributed by atoms with Gasteiger partial charge in [0, 0.05) is 43.8 Å². The third-order valence-corrected chi connectivity index (χ3v) is 8.24. The molecule has 1 amide bonds. The second-order valence-electron chi connectivity index (χ2n) is 10.7. The Kier molecular flexibility index (Phi) is 6.03. The average Bonchev–Trinajstić information content (AvgIpc) is 3.30. The largest absolute Gasteiger partial charge is 0.367 e. The van der Waals surface area contributed by atoms with Crippen molar-refractivity contribution in [1.29, 1.82) is 0 Å². The zero-order chi connectivity index (χ0) is 24.7. The van der Waals surface area contributed by atoms with Crippen molar-refractivity contribution < 1.29 is 4.79 Å². The molecule has 1 aliphatic carbocycles. The number of anilines is 3. The van der Waals surface area contributed by atoms with E-state index in [2.05, 4.69) is 54.9 Å². The van der Waals surface area contributed by atoms with Gasteiger partial charge >= 0.3 is 0 Å². The molecule has 0 radical (unpaired) electrons. The van der Waals surface area contributed by atoms with Gasteiger partial charge in [0.25, 0.3) is 5.91 Å². The summed E-state index contributed by atoms with van der Waals surface area (Å²) in [5, 5.41) is 7.30. The molecule has 1 saturated carbocycles. The average molecular weight is 489 g/mol. The van der Waals surface area contributed by atoms with E-state index in [9.17, 15) is 4.79 Å². The van der Waals surface area contributed by atoms with Crippen LogP contribution in [0.4, 0.5) is 17.5 Å². The van der Waals surface area contributed by atoms with Crippen LogP contribution in [0.1, 0.15) is 62.9 Å². The first-order chi connectivity index (χ1) is 17.6. The summed E-state index contributed by atoms with van der Waals surface area (Å²) in [6, 6.07) is 6.59. The summed E-state index contributed by atoms with van der Waals surface area (Å²) in [6.45, 7) is 9.51. The molecule has 190 valence electrons. The highest BCUT2D eigenvalue weighted by Gasteiger charge is 2.41. The molecule has 2 N–H and O–H groups in total. The smallest absolute Gasteiger partial charge is 0.268 e. The first-order valence-corrected chi connectivity index (χ1v) is 13.5. The van der Waals surface area contributed by atoms with E-state index in [0.717, 1.165) is 55.7 Å². The molecule has 0 aromatic carbocycles. The Labute approximate surface area is 212 Å². The zero-order valence-electron chi connectivity index (χ0n) is 21.3. The Balaban J connectivity index is 1.23. The van der Waals surface area contributed by atoms with Crippen molar-refractivity contribution in [2.24, 2.45) is 0 Å². The lowest BCUT2D eigenvalue weighted by Crippen LogP contribution is -2.52. The molecule has 1 atom stereocenters. The fraction of sp³-hybridized carbons (Fsp3) is 0.556. The highest BCUT2D eigenvalue weighted by Crippen LogP contribution is 2.40. The van der Waals surface area contributed by atoms with Crippen molar-refractivity contribution in [2.75, 3.05) is 42.9 Å². The monoisotopic (exact) mass is 488 g/mol. The van der Waals surface area contributed by atoms with Gasteiger partial charge in [0.2, 0.25) is 5.95 Å². The fourth-order valence-electron chi connectivity index (χ4n) is 6.33. The SMILES string of the molecule is CCCN1CCN(c2ccc(Nc3ncc4cc5n(c4n3)C3(CCCCC3)CNC5=O)nc2)C[C@H]1C. The van der Waals surface area contributed by atoms with Crippen molar-refractivity contribution >= 4 is 34.4 Å². The number of piperazine rings is 1. The number of carbonyl (C=O) groups is 1. The van der Waals surface area contributed by atoms with Gasteiger partial charge in [0.1, 0.15) is 17.2 Å². The molecular formula is C27H36N8O. The first-order valence-electron chi connectivity index (χ1n) is 13.5. The Bertz CT molecular complexity index is 1250. The number of rotatable bonds is 5. The number of aromatic nitrogens is 4. The minimum absolute atomic E-state index is 0.0270. The Hall–Kier alpha value is -3.20. The molecule has 9 heteroatoms. The number of pyridine rings is 1. The van der Waals surface area contributed by atoms with E-state index in [-0.39, 0.29) is 11.4 Å². The van der Waals surface area contributed by atoms with Gasteiger partial charge < -0.3 is 20.1 Å². The van der Waals surface area contributed by atoms with Crippen molar-refractivity contribution in [3.63, 3.8) is 0 Å². The zero-order valence-corrected chi connectivity index (χ0v) is 21.3. The van der Waals surface area contributed by atoms with Crippen LogP contribution in [-0.2, 0) is 5.54 Å². The molecule has 3 aromatic heterocycles. The highest BCUT2D eigenvalue weighted by atomic mass is 16.2. The molecule has 9 nitrogen and oxygen atoms in total. The summed E-state index contributed by atoms with van der Waals surface area (Å²) in [4.78, 5) is 31.7. The van der Waals surface area contributed by atoms with Gasteiger partial charge in [-0.1, -0.05) is 26.2 Å². The molecule has 3 aromatic rings. The maximum absolute atomic E-state index is 12.7. The van der Waals surface area contributed by atoms with Crippen LogP contribution >= 0.6 is 0 Å². The van der Waals surface area contributed by atoms with Crippen molar-refractivity contribution in [3.05, 3.63) is 36.3 Å². The van der Waals surface area contributed by atoms with E-state index in [1.807, 2.05) is 24.5 Å². The van der Waals surface area contributed by atoms with E-state index in [1.54, 1.807) is 0 Å². The predicted octanol–water partition coefficient (Wildman–Crippen LogP) is 3.89. The van der Waals surface area contributed by atoms with Gasteiger partial charge in [-0.3, -0.25) is 9.69 Å². The van der Waals surface area contributed by atoms with Crippen LogP contribution in [-0.4, -0.2) is 69.1 Å².